The number of anilines is 1. The van der Waals surface area contributed by atoms with Crippen molar-refractivity contribution in [2.24, 2.45) is 5.92 Å². The molecule has 3 rings (SSSR count). The molecule has 0 radical (unpaired) electrons. The highest BCUT2D eigenvalue weighted by molar-refractivity contribution is 7.89. The Morgan fingerprint density at radius 3 is 2.34 bits per heavy atom. The van der Waals surface area contributed by atoms with Gasteiger partial charge in [0.05, 0.1) is 29.1 Å². The summed E-state index contributed by atoms with van der Waals surface area (Å²) in [7, 11) is -3.81. The highest BCUT2D eigenvalue weighted by Gasteiger charge is 2.29. The van der Waals surface area contributed by atoms with Crippen LogP contribution in [0.15, 0.2) is 53.4 Å². The number of rotatable bonds is 7. The van der Waals surface area contributed by atoms with Crippen LogP contribution >= 0.6 is 0 Å². The Hall–Kier alpha value is -2.49. The van der Waals surface area contributed by atoms with Crippen molar-refractivity contribution in [2.75, 3.05) is 31.6 Å². The van der Waals surface area contributed by atoms with Crippen LogP contribution in [0.4, 0.5) is 11.4 Å². The quantitative estimate of drug-likeness (QED) is 0.545. The van der Waals surface area contributed by atoms with E-state index < -0.39 is 14.9 Å². The fraction of sp³-hybridized carbons (Fsp3) is 0.400. The molecule has 0 aliphatic carbocycles. The fourth-order valence-electron chi connectivity index (χ4n) is 3.34. The number of hydrogen-bond acceptors (Lipinski definition) is 6. The molecule has 1 atom stereocenters. The summed E-state index contributed by atoms with van der Waals surface area (Å²) < 4.78 is 32.2. The Kier molecular flexibility index (Phi) is 6.51. The minimum atomic E-state index is -3.81. The van der Waals surface area contributed by atoms with E-state index in [9.17, 15) is 18.5 Å². The number of nitrogens with one attached hydrogen (secondary N) is 1. The van der Waals surface area contributed by atoms with Gasteiger partial charge in [0.1, 0.15) is 5.69 Å². The second-order valence-corrected chi connectivity index (χ2v) is 9.17. The predicted octanol–water partition coefficient (Wildman–Crippen LogP) is 3.42. The molecule has 2 aromatic carbocycles. The molecule has 29 heavy (non-hydrogen) atoms. The lowest BCUT2D eigenvalue weighted by atomic mass is 9.95. The molecular weight excluding hydrogens is 394 g/mol. The summed E-state index contributed by atoms with van der Waals surface area (Å²) >= 11 is 0. The van der Waals surface area contributed by atoms with E-state index in [0.717, 1.165) is 11.6 Å². The molecule has 0 amide bonds. The molecule has 8 nitrogen and oxygen atoms in total. The Morgan fingerprint density at radius 2 is 1.76 bits per heavy atom. The lowest BCUT2D eigenvalue weighted by Crippen LogP contribution is -2.40. The summed E-state index contributed by atoms with van der Waals surface area (Å²) in [5.74, 6) is 0.161. The topological polar surface area (TPSA) is 102 Å². The van der Waals surface area contributed by atoms with Crippen molar-refractivity contribution >= 4 is 21.4 Å². The molecule has 0 aromatic heterocycles. The minimum Gasteiger partial charge on any atom is -0.379 e. The van der Waals surface area contributed by atoms with Crippen molar-refractivity contribution in [3.8, 4) is 0 Å². The third-order valence-electron chi connectivity index (χ3n) is 4.91. The molecule has 1 heterocycles. The van der Waals surface area contributed by atoms with Crippen LogP contribution in [0.25, 0.3) is 0 Å². The van der Waals surface area contributed by atoms with Gasteiger partial charge in [-0.15, -0.1) is 0 Å². The summed E-state index contributed by atoms with van der Waals surface area (Å²) in [5, 5.41) is 14.9. The van der Waals surface area contributed by atoms with E-state index >= 15 is 0 Å². The van der Waals surface area contributed by atoms with Crippen LogP contribution in [0.5, 0.6) is 0 Å². The van der Waals surface area contributed by atoms with Gasteiger partial charge in [-0.05, 0) is 23.6 Å². The van der Waals surface area contributed by atoms with Gasteiger partial charge in [-0.25, -0.2) is 8.42 Å². The summed E-state index contributed by atoms with van der Waals surface area (Å²) in [4.78, 5) is 11.1. The zero-order valence-corrected chi connectivity index (χ0v) is 17.3. The van der Waals surface area contributed by atoms with Gasteiger partial charge in [0, 0.05) is 19.2 Å². The molecule has 2 aromatic rings. The number of ether oxygens (including phenoxy) is 1. The van der Waals surface area contributed by atoms with E-state index in [1.54, 1.807) is 0 Å². The van der Waals surface area contributed by atoms with Gasteiger partial charge in [0.15, 0.2) is 0 Å². The number of nitrogens with zero attached hydrogens (tertiary/aromatic N) is 2. The van der Waals surface area contributed by atoms with Crippen LogP contribution in [0.1, 0.15) is 25.5 Å². The summed E-state index contributed by atoms with van der Waals surface area (Å²) in [5.41, 5.74) is 1.03. The van der Waals surface area contributed by atoms with Crippen LogP contribution in [-0.2, 0) is 14.8 Å². The fourth-order valence-corrected chi connectivity index (χ4v) is 4.77. The molecule has 1 aliphatic rings. The van der Waals surface area contributed by atoms with Crippen molar-refractivity contribution in [3.63, 3.8) is 0 Å². The monoisotopic (exact) mass is 419 g/mol. The smallest absolute Gasteiger partial charge is 0.293 e. The largest absolute Gasteiger partial charge is 0.379 e. The first-order valence-corrected chi connectivity index (χ1v) is 10.9. The molecule has 0 bridgehead atoms. The average Bonchev–Trinajstić information content (AvgIpc) is 2.72. The van der Waals surface area contributed by atoms with E-state index in [2.05, 4.69) is 5.32 Å². The highest BCUT2D eigenvalue weighted by atomic mass is 32.2. The number of nitro benzene ring substituents is 1. The molecular formula is C20H25N3O5S. The van der Waals surface area contributed by atoms with E-state index in [4.69, 9.17) is 4.74 Å². The highest BCUT2D eigenvalue weighted by Crippen LogP contribution is 2.34. The number of hydrogen-bond donors (Lipinski definition) is 1. The first-order valence-electron chi connectivity index (χ1n) is 9.48. The summed E-state index contributed by atoms with van der Waals surface area (Å²) in [6.45, 7) is 5.14. The van der Waals surface area contributed by atoms with Gasteiger partial charge in [-0.1, -0.05) is 44.2 Å². The third kappa shape index (κ3) is 4.75. The standard InChI is InChI=1S/C20H25N3O5S/c1-15(2)20(16-6-4-3-5-7-16)21-18-9-8-17(14-19(18)23(24)25)29(26,27)22-10-12-28-13-11-22/h3-9,14-15,20-21H,10-13H2,1-2H3/t20-/m0/s1. The molecule has 1 fully saturated rings. The Morgan fingerprint density at radius 1 is 1.10 bits per heavy atom. The Balaban J connectivity index is 1.95. The SMILES string of the molecule is CC(C)[C@H](Nc1ccc(S(=O)(=O)N2CCOCC2)cc1[N+](=O)[O-])c1ccccc1. The normalized spacial score (nSPS) is 16.5. The molecule has 1 aliphatic heterocycles. The van der Waals surface area contributed by atoms with E-state index in [0.29, 0.717) is 18.9 Å². The van der Waals surface area contributed by atoms with Gasteiger partial charge in [-0.3, -0.25) is 10.1 Å². The predicted molar refractivity (Wildman–Crippen MR) is 110 cm³/mol. The summed E-state index contributed by atoms with van der Waals surface area (Å²) in [6.07, 6.45) is 0. The maximum atomic E-state index is 12.9. The first kappa shape index (κ1) is 21.2. The van der Waals surface area contributed by atoms with Gasteiger partial charge in [0.2, 0.25) is 10.0 Å². The van der Waals surface area contributed by atoms with Crippen molar-refractivity contribution in [3.05, 3.63) is 64.2 Å². The van der Waals surface area contributed by atoms with E-state index in [1.165, 1.54) is 16.4 Å². The molecule has 1 saturated heterocycles. The molecule has 1 N–H and O–H groups in total. The lowest BCUT2D eigenvalue weighted by molar-refractivity contribution is -0.384. The van der Waals surface area contributed by atoms with Gasteiger partial charge < -0.3 is 10.1 Å². The average molecular weight is 420 g/mol. The maximum absolute atomic E-state index is 12.9. The van der Waals surface area contributed by atoms with Crippen LogP contribution in [-0.4, -0.2) is 43.9 Å². The molecule has 9 heteroatoms. The number of nitro groups is 1. The van der Waals surface area contributed by atoms with E-state index in [1.807, 2.05) is 44.2 Å². The number of benzene rings is 2. The Bertz CT molecular complexity index is 957. The van der Waals surface area contributed by atoms with Gasteiger partial charge >= 0.3 is 0 Å². The van der Waals surface area contributed by atoms with Crippen LogP contribution in [0, 0.1) is 16.0 Å². The van der Waals surface area contributed by atoms with Gasteiger partial charge in [-0.2, -0.15) is 4.31 Å². The summed E-state index contributed by atoms with van der Waals surface area (Å²) in [6, 6.07) is 13.5. The third-order valence-corrected chi connectivity index (χ3v) is 6.80. The number of sulfonamides is 1. The van der Waals surface area contributed by atoms with Crippen molar-refractivity contribution in [1.29, 1.82) is 0 Å². The molecule has 0 spiro atoms. The van der Waals surface area contributed by atoms with Crippen molar-refractivity contribution in [1.82, 2.24) is 4.31 Å². The minimum absolute atomic E-state index is 0.0857. The molecule has 0 unspecified atom stereocenters. The number of morpholine rings is 1. The zero-order chi connectivity index (χ0) is 21.0. The van der Waals surface area contributed by atoms with Crippen molar-refractivity contribution < 1.29 is 18.1 Å². The first-order chi connectivity index (χ1) is 13.8. The van der Waals surface area contributed by atoms with Gasteiger partial charge in [0.25, 0.3) is 5.69 Å². The van der Waals surface area contributed by atoms with Crippen molar-refractivity contribution in [2.45, 2.75) is 24.8 Å². The zero-order valence-electron chi connectivity index (χ0n) is 16.4. The van der Waals surface area contributed by atoms with E-state index in [-0.39, 0.29) is 35.6 Å². The molecule has 0 saturated carbocycles. The Labute approximate surface area is 170 Å². The van der Waals surface area contributed by atoms with Crippen LogP contribution in [0.3, 0.4) is 0 Å². The molecule has 156 valence electrons. The van der Waals surface area contributed by atoms with Crippen LogP contribution in [0.2, 0.25) is 0 Å². The second kappa shape index (κ2) is 8.89. The maximum Gasteiger partial charge on any atom is 0.293 e. The van der Waals surface area contributed by atoms with Crippen LogP contribution < -0.4 is 5.32 Å². The lowest BCUT2D eigenvalue weighted by Gasteiger charge is -2.26. The second-order valence-electron chi connectivity index (χ2n) is 7.23.